The van der Waals surface area contributed by atoms with E-state index in [0.717, 1.165) is 0 Å². The Balaban J connectivity index is 1.40. The third kappa shape index (κ3) is 4.89. The SMILES string of the molecule is COc1cc(OC2CC(NC(=O)OC(C)(C)C)C2)cc2c1CN(C1CCC(=O)NC1=O)C2=O. The number of alkyl carbamates (subject to hydrolysis) is 1. The van der Waals surface area contributed by atoms with E-state index in [1.807, 2.05) is 20.8 Å². The predicted molar refractivity (Wildman–Crippen MR) is 116 cm³/mol. The second-order valence-corrected chi connectivity index (χ2v) is 9.61. The van der Waals surface area contributed by atoms with Crippen molar-refractivity contribution in [2.24, 2.45) is 0 Å². The molecule has 2 fully saturated rings. The molecule has 10 nitrogen and oxygen atoms in total. The summed E-state index contributed by atoms with van der Waals surface area (Å²) in [5.74, 6) is -0.0750. The molecule has 4 rings (SSSR count). The third-order valence-electron chi connectivity index (χ3n) is 5.93. The Morgan fingerprint density at radius 2 is 1.91 bits per heavy atom. The summed E-state index contributed by atoms with van der Waals surface area (Å²) in [5.41, 5.74) is 0.563. The summed E-state index contributed by atoms with van der Waals surface area (Å²) in [7, 11) is 1.52. The van der Waals surface area contributed by atoms with Crippen LogP contribution in [0.1, 0.15) is 62.4 Å². The summed E-state index contributed by atoms with van der Waals surface area (Å²) in [5, 5.41) is 5.12. The molecule has 178 valence electrons. The summed E-state index contributed by atoms with van der Waals surface area (Å²) in [6, 6.07) is 2.67. The summed E-state index contributed by atoms with van der Waals surface area (Å²) in [6.45, 7) is 5.66. The van der Waals surface area contributed by atoms with Gasteiger partial charge in [-0.2, -0.15) is 0 Å². The van der Waals surface area contributed by atoms with Gasteiger partial charge in [0, 0.05) is 36.9 Å². The molecular weight excluding hydrogens is 430 g/mol. The normalized spacial score (nSPS) is 24.5. The van der Waals surface area contributed by atoms with Crippen LogP contribution in [-0.4, -0.2) is 59.6 Å². The van der Waals surface area contributed by atoms with Crippen LogP contribution >= 0.6 is 0 Å². The Hall–Kier alpha value is -3.30. The monoisotopic (exact) mass is 459 g/mol. The molecule has 2 heterocycles. The first kappa shape index (κ1) is 22.9. The number of rotatable bonds is 5. The van der Waals surface area contributed by atoms with E-state index in [1.165, 1.54) is 12.0 Å². The van der Waals surface area contributed by atoms with Crippen LogP contribution in [0.3, 0.4) is 0 Å². The molecule has 0 radical (unpaired) electrons. The largest absolute Gasteiger partial charge is 0.496 e. The van der Waals surface area contributed by atoms with Gasteiger partial charge in [0.05, 0.1) is 19.2 Å². The van der Waals surface area contributed by atoms with Crippen molar-refractivity contribution in [1.82, 2.24) is 15.5 Å². The molecular formula is C23H29N3O7. The predicted octanol–water partition coefficient (Wildman–Crippen LogP) is 1.89. The van der Waals surface area contributed by atoms with Gasteiger partial charge in [0.25, 0.3) is 5.91 Å². The van der Waals surface area contributed by atoms with Gasteiger partial charge in [-0.1, -0.05) is 0 Å². The molecule has 2 N–H and O–H groups in total. The van der Waals surface area contributed by atoms with Crippen LogP contribution in [0.25, 0.3) is 0 Å². The minimum absolute atomic E-state index is 0.0363. The highest BCUT2D eigenvalue weighted by Gasteiger charge is 2.41. The maximum Gasteiger partial charge on any atom is 0.407 e. The Labute approximate surface area is 191 Å². The molecule has 10 heteroatoms. The van der Waals surface area contributed by atoms with E-state index < -0.39 is 23.6 Å². The van der Waals surface area contributed by atoms with Gasteiger partial charge in [-0.3, -0.25) is 19.7 Å². The van der Waals surface area contributed by atoms with Crippen molar-refractivity contribution >= 4 is 23.8 Å². The van der Waals surface area contributed by atoms with E-state index >= 15 is 0 Å². The number of amides is 4. The molecule has 0 aromatic heterocycles. The third-order valence-corrected chi connectivity index (χ3v) is 5.93. The van der Waals surface area contributed by atoms with Gasteiger partial charge in [0.15, 0.2) is 0 Å². The smallest absolute Gasteiger partial charge is 0.407 e. The summed E-state index contributed by atoms with van der Waals surface area (Å²) in [4.78, 5) is 50.2. The highest BCUT2D eigenvalue weighted by Crippen LogP contribution is 2.38. The Kier molecular flexibility index (Phi) is 5.94. The zero-order chi connectivity index (χ0) is 23.9. The van der Waals surface area contributed by atoms with Crippen LogP contribution in [0.4, 0.5) is 4.79 Å². The Morgan fingerprint density at radius 3 is 2.55 bits per heavy atom. The van der Waals surface area contributed by atoms with E-state index in [-0.39, 0.29) is 36.9 Å². The number of piperidine rings is 1. The van der Waals surface area contributed by atoms with E-state index in [0.29, 0.717) is 41.9 Å². The van der Waals surface area contributed by atoms with Crippen LogP contribution in [0.2, 0.25) is 0 Å². The molecule has 1 aromatic rings. The van der Waals surface area contributed by atoms with Crippen molar-refractivity contribution in [1.29, 1.82) is 0 Å². The number of hydrogen-bond donors (Lipinski definition) is 2. The molecule has 1 atom stereocenters. The second-order valence-electron chi connectivity index (χ2n) is 9.61. The number of methoxy groups -OCH3 is 1. The minimum Gasteiger partial charge on any atom is -0.496 e. The fourth-order valence-corrected chi connectivity index (χ4v) is 4.30. The van der Waals surface area contributed by atoms with Crippen LogP contribution in [0.5, 0.6) is 11.5 Å². The fourth-order valence-electron chi connectivity index (χ4n) is 4.30. The molecule has 3 aliphatic rings. The number of nitrogens with one attached hydrogen (secondary N) is 2. The van der Waals surface area contributed by atoms with Gasteiger partial charge in [0.1, 0.15) is 29.2 Å². The van der Waals surface area contributed by atoms with Crippen molar-refractivity contribution in [2.75, 3.05) is 7.11 Å². The summed E-state index contributed by atoms with van der Waals surface area (Å²) in [6.07, 6.45) is 1.16. The highest BCUT2D eigenvalue weighted by molar-refractivity contribution is 6.05. The van der Waals surface area contributed by atoms with Gasteiger partial charge in [-0.15, -0.1) is 0 Å². The number of fused-ring (bicyclic) bond motifs is 1. The molecule has 1 saturated heterocycles. The lowest BCUT2D eigenvalue weighted by molar-refractivity contribution is -0.136. The lowest BCUT2D eigenvalue weighted by atomic mass is 9.89. The number of benzene rings is 1. The van der Waals surface area contributed by atoms with Crippen LogP contribution in [0.15, 0.2) is 12.1 Å². The second kappa shape index (κ2) is 8.57. The summed E-state index contributed by atoms with van der Waals surface area (Å²) < 4.78 is 16.8. The molecule has 0 spiro atoms. The number of carbonyl (C=O) groups excluding carboxylic acids is 4. The number of imide groups is 1. The highest BCUT2D eigenvalue weighted by atomic mass is 16.6. The van der Waals surface area contributed by atoms with Crippen LogP contribution in [0, 0.1) is 0 Å². The zero-order valence-corrected chi connectivity index (χ0v) is 19.2. The quantitative estimate of drug-likeness (QED) is 0.645. The molecule has 33 heavy (non-hydrogen) atoms. The molecule has 1 aromatic carbocycles. The molecule has 1 aliphatic carbocycles. The lowest BCUT2D eigenvalue weighted by Gasteiger charge is -2.36. The fraction of sp³-hybridized carbons (Fsp3) is 0.565. The Bertz CT molecular complexity index is 995. The van der Waals surface area contributed by atoms with E-state index in [9.17, 15) is 19.2 Å². The number of ether oxygens (including phenoxy) is 3. The lowest BCUT2D eigenvalue weighted by Crippen LogP contribution is -2.52. The topological polar surface area (TPSA) is 123 Å². The number of hydrogen-bond acceptors (Lipinski definition) is 7. The number of nitrogens with zero attached hydrogens (tertiary/aromatic N) is 1. The van der Waals surface area contributed by atoms with Crippen molar-refractivity contribution in [3.63, 3.8) is 0 Å². The van der Waals surface area contributed by atoms with Crippen LogP contribution < -0.4 is 20.1 Å². The maximum absolute atomic E-state index is 13.1. The molecule has 4 amide bonds. The van der Waals surface area contributed by atoms with Gasteiger partial charge >= 0.3 is 6.09 Å². The Morgan fingerprint density at radius 1 is 1.18 bits per heavy atom. The van der Waals surface area contributed by atoms with Crippen molar-refractivity contribution in [3.05, 3.63) is 23.3 Å². The molecule has 1 unspecified atom stereocenters. The first-order valence-corrected chi connectivity index (χ1v) is 11.1. The molecule has 1 saturated carbocycles. The van der Waals surface area contributed by atoms with Crippen molar-refractivity contribution in [2.45, 2.75) is 76.8 Å². The number of carbonyl (C=O) groups is 4. The standard InChI is InChI=1S/C23H29N3O7/c1-23(2,3)33-22(30)24-12-7-13(8-12)32-14-9-15-16(18(10-14)31-4)11-26(21(15)29)17-5-6-19(27)25-20(17)28/h9-10,12-13,17H,5-8,11H2,1-4H3,(H,24,30)(H,25,27,28). The van der Waals surface area contributed by atoms with Crippen molar-refractivity contribution < 1.29 is 33.4 Å². The average Bonchev–Trinajstić information content (AvgIpc) is 3.01. The van der Waals surface area contributed by atoms with Gasteiger partial charge in [-0.25, -0.2) is 4.79 Å². The molecule has 2 aliphatic heterocycles. The van der Waals surface area contributed by atoms with E-state index in [2.05, 4.69) is 10.6 Å². The van der Waals surface area contributed by atoms with E-state index in [1.54, 1.807) is 12.1 Å². The average molecular weight is 459 g/mol. The van der Waals surface area contributed by atoms with E-state index in [4.69, 9.17) is 14.2 Å². The zero-order valence-electron chi connectivity index (χ0n) is 19.2. The summed E-state index contributed by atoms with van der Waals surface area (Å²) >= 11 is 0. The first-order chi connectivity index (χ1) is 15.5. The van der Waals surface area contributed by atoms with Gasteiger partial charge in [-0.05, 0) is 33.3 Å². The van der Waals surface area contributed by atoms with Gasteiger partial charge in [0.2, 0.25) is 11.8 Å². The maximum atomic E-state index is 13.1. The van der Waals surface area contributed by atoms with Crippen molar-refractivity contribution in [3.8, 4) is 11.5 Å². The molecule has 0 bridgehead atoms. The minimum atomic E-state index is -0.692. The van der Waals surface area contributed by atoms with Gasteiger partial charge < -0.3 is 24.4 Å². The first-order valence-electron chi connectivity index (χ1n) is 11.1. The van der Waals surface area contributed by atoms with Crippen LogP contribution in [-0.2, 0) is 20.9 Å².